The number of fused-ring (bicyclic) bond motifs is 1. The molecule has 3 rings (SSSR count). The summed E-state index contributed by atoms with van der Waals surface area (Å²) in [6, 6.07) is 9.18. The fraction of sp³-hybridized carbons (Fsp3) is 0.625. The summed E-state index contributed by atoms with van der Waals surface area (Å²) in [5, 5.41) is 3.47. The average molecular weight is 245 g/mol. The van der Waals surface area contributed by atoms with Gasteiger partial charge >= 0.3 is 0 Å². The highest BCUT2D eigenvalue weighted by Crippen LogP contribution is 2.34. The molecular formula is C16H23NO. The fourth-order valence-electron chi connectivity index (χ4n) is 2.99. The van der Waals surface area contributed by atoms with E-state index in [1.165, 1.54) is 43.2 Å². The molecule has 2 unspecified atom stereocenters. The summed E-state index contributed by atoms with van der Waals surface area (Å²) in [5.74, 6) is 0.848. The molecule has 0 bridgehead atoms. The maximum Gasteiger partial charge on any atom is 0.0770 e. The molecule has 2 heteroatoms. The summed E-state index contributed by atoms with van der Waals surface area (Å²) >= 11 is 0. The van der Waals surface area contributed by atoms with Crippen molar-refractivity contribution in [2.24, 2.45) is 5.92 Å². The maximum absolute atomic E-state index is 6.18. The first kappa shape index (κ1) is 12.2. The third-order valence-corrected chi connectivity index (χ3v) is 4.25. The highest BCUT2D eigenvalue weighted by Gasteiger charge is 2.29. The number of nitrogens with one attached hydrogen (secondary N) is 1. The van der Waals surface area contributed by atoms with E-state index in [1.807, 2.05) is 0 Å². The first-order valence-electron chi connectivity index (χ1n) is 7.25. The van der Waals surface area contributed by atoms with Crippen LogP contribution in [0.15, 0.2) is 24.3 Å². The van der Waals surface area contributed by atoms with Gasteiger partial charge in [0.15, 0.2) is 0 Å². The van der Waals surface area contributed by atoms with Crippen molar-refractivity contribution < 1.29 is 4.74 Å². The van der Waals surface area contributed by atoms with Crippen LogP contribution in [0.4, 0.5) is 0 Å². The van der Waals surface area contributed by atoms with Crippen LogP contribution in [-0.2, 0) is 11.2 Å². The number of rotatable bonds is 4. The van der Waals surface area contributed by atoms with E-state index in [0.717, 1.165) is 12.5 Å². The van der Waals surface area contributed by atoms with Crippen LogP contribution in [0.3, 0.4) is 0 Å². The van der Waals surface area contributed by atoms with Crippen molar-refractivity contribution in [1.29, 1.82) is 0 Å². The Morgan fingerprint density at radius 2 is 2.06 bits per heavy atom. The van der Waals surface area contributed by atoms with Crippen LogP contribution in [0.5, 0.6) is 0 Å². The minimum Gasteiger partial charge on any atom is -0.376 e. The number of benzene rings is 1. The standard InChI is InChI=1S/C16H23NO/c1-17-16-14-7-3-2-5-13(14)6-4-8-15(16)18-11-12-9-10-12/h2-3,5,7,12,15-17H,4,6,8-11H2,1H3. The van der Waals surface area contributed by atoms with Gasteiger partial charge in [-0.25, -0.2) is 0 Å². The Kier molecular flexibility index (Phi) is 3.67. The highest BCUT2D eigenvalue weighted by atomic mass is 16.5. The second kappa shape index (κ2) is 5.41. The second-order valence-corrected chi connectivity index (χ2v) is 5.67. The van der Waals surface area contributed by atoms with Crippen LogP contribution < -0.4 is 5.32 Å². The Labute approximate surface area is 110 Å². The molecule has 0 saturated heterocycles. The zero-order valence-electron chi connectivity index (χ0n) is 11.2. The van der Waals surface area contributed by atoms with E-state index in [1.54, 1.807) is 0 Å². The lowest BCUT2D eigenvalue weighted by Gasteiger charge is -2.26. The topological polar surface area (TPSA) is 21.3 Å². The summed E-state index contributed by atoms with van der Waals surface area (Å²) < 4.78 is 6.18. The SMILES string of the molecule is CNC1c2ccccc2CCCC1OCC1CC1. The van der Waals surface area contributed by atoms with Gasteiger partial charge in [-0.05, 0) is 56.2 Å². The lowest BCUT2D eigenvalue weighted by atomic mass is 9.98. The van der Waals surface area contributed by atoms with Gasteiger partial charge < -0.3 is 10.1 Å². The van der Waals surface area contributed by atoms with E-state index in [4.69, 9.17) is 4.74 Å². The minimum atomic E-state index is 0.347. The number of hydrogen-bond acceptors (Lipinski definition) is 2. The van der Waals surface area contributed by atoms with Gasteiger partial charge in [0.2, 0.25) is 0 Å². The lowest BCUT2D eigenvalue weighted by molar-refractivity contribution is 0.0165. The van der Waals surface area contributed by atoms with E-state index in [9.17, 15) is 0 Å². The predicted octanol–water partition coefficient (Wildman–Crippen LogP) is 3.08. The number of hydrogen-bond donors (Lipinski definition) is 1. The molecule has 0 amide bonds. The third kappa shape index (κ3) is 2.60. The molecule has 1 aromatic carbocycles. The molecule has 1 N–H and O–H groups in total. The molecular weight excluding hydrogens is 222 g/mol. The average Bonchev–Trinajstić information content (AvgIpc) is 3.22. The van der Waals surface area contributed by atoms with E-state index in [2.05, 4.69) is 36.6 Å². The molecule has 2 nitrogen and oxygen atoms in total. The Morgan fingerprint density at radius 3 is 2.83 bits per heavy atom. The van der Waals surface area contributed by atoms with Gasteiger partial charge in [-0.1, -0.05) is 24.3 Å². The fourth-order valence-corrected chi connectivity index (χ4v) is 2.99. The summed E-state index contributed by atoms with van der Waals surface area (Å²) in [4.78, 5) is 0. The van der Waals surface area contributed by atoms with Crippen LogP contribution in [0.1, 0.15) is 42.9 Å². The Bertz CT molecular complexity index is 400. The monoisotopic (exact) mass is 245 g/mol. The number of ether oxygens (including phenoxy) is 1. The van der Waals surface area contributed by atoms with Crippen LogP contribution >= 0.6 is 0 Å². The minimum absolute atomic E-state index is 0.347. The highest BCUT2D eigenvalue weighted by molar-refractivity contribution is 5.32. The largest absolute Gasteiger partial charge is 0.376 e. The molecule has 0 spiro atoms. The second-order valence-electron chi connectivity index (χ2n) is 5.67. The first-order chi connectivity index (χ1) is 8.88. The molecule has 2 aliphatic rings. The van der Waals surface area contributed by atoms with Gasteiger partial charge in [0.05, 0.1) is 12.1 Å². The van der Waals surface area contributed by atoms with Crippen molar-refractivity contribution in [2.45, 2.75) is 44.2 Å². The van der Waals surface area contributed by atoms with Crippen LogP contribution in [0.25, 0.3) is 0 Å². The van der Waals surface area contributed by atoms with Crippen molar-refractivity contribution >= 4 is 0 Å². The third-order valence-electron chi connectivity index (χ3n) is 4.25. The summed E-state index contributed by atoms with van der Waals surface area (Å²) in [6.07, 6.45) is 6.69. The number of aryl methyl sites for hydroxylation is 1. The van der Waals surface area contributed by atoms with Gasteiger partial charge in [-0.3, -0.25) is 0 Å². The molecule has 2 aliphatic carbocycles. The van der Waals surface area contributed by atoms with Gasteiger partial charge in [0.1, 0.15) is 0 Å². The van der Waals surface area contributed by atoms with Crippen molar-refractivity contribution in [3.63, 3.8) is 0 Å². The van der Waals surface area contributed by atoms with Gasteiger partial charge in [0.25, 0.3) is 0 Å². The smallest absolute Gasteiger partial charge is 0.0770 e. The van der Waals surface area contributed by atoms with Gasteiger partial charge in [-0.15, -0.1) is 0 Å². The van der Waals surface area contributed by atoms with Crippen molar-refractivity contribution in [3.8, 4) is 0 Å². The Hall–Kier alpha value is -0.860. The van der Waals surface area contributed by atoms with Crippen molar-refractivity contribution in [1.82, 2.24) is 5.32 Å². The van der Waals surface area contributed by atoms with Crippen LogP contribution in [0, 0.1) is 5.92 Å². The number of likely N-dealkylation sites (N-methyl/N-ethyl adjacent to an activating group) is 1. The van der Waals surface area contributed by atoms with Gasteiger partial charge in [-0.2, -0.15) is 0 Å². The lowest BCUT2D eigenvalue weighted by Crippen LogP contribution is -2.31. The molecule has 1 aromatic rings. The molecule has 1 saturated carbocycles. The maximum atomic E-state index is 6.18. The summed E-state index contributed by atoms with van der Waals surface area (Å²) in [6.45, 7) is 0.963. The van der Waals surface area contributed by atoms with Crippen molar-refractivity contribution in [3.05, 3.63) is 35.4 Å². The molecule has 0 radical (unpaired) electrons. The predicted molar refractivity (Wildman–Crippen MR) is 73.6 cm³/mol. The molecule has 98 valence electrons. The van der Waals surface area contributed by atoms with E-state index in [-0.39, 0.29) is 0 Å². The van der Waals surface area contributed by atoms with Gasteiger partial charge in [0, 0.05) is 6.61 Å². The molecule has 0 aromatic heterocycles. The van der Waals surface area contributed by atoms with E-state index in [0.29, 0.717) is 12.1 Å². The van der Waals surface area contributed by atoms with Crippen LogP contribution in [0.2, 0.25) is 0 Å². The molecule has 0 heterocycles. The molecule has 0 aliphatic heterocycles. The molecule has 1 fully saturated rings. The normalized spacial score (nSPS) is 27.6. The van der Waals surface area contributed by atoms with E-state index >= 15 is 0 Å². The Morgan fingerprint density at radius 1 is 1.22 bits per heavy atom. The zero-order chi connectivity index (χ0) is 12.4. The Balaban J connectivity index is 1.77. The first-order valence-corrected chi connectivity index (χ1v) is 7.25. The van der Waals surface area contributed by atoms with Crippen molar-refractivity contribution in [2.75, 3.05) is 13.7 Å². The quantitative estimate of drug-likeness (QED) is 0.823. The molecule has 18 heavy (non-hydrogen) atoms. The van der Waals surface area contributed by atoms with E-state index < -0.39 is 0 Å². The summed E-state index contributed by atoms with van der Waals surface area (Å²) in [5.41, 5.74) is 2.94. The molecule has 2 atom stereocenters. The van der Waals surface area contributed by atoms with Crippen LogP contribution in [-0.4, -0.2) is 19.8 Å². The summed E-state index contributed by atoms with van der Waals surface area (Å²) in [7, 11) is 2.06. The zero-order valence-corrected chi connectivity index (χ0v) is 11.2.